The van der Waals surface area contributed by atoms with Crippen LogP contribution in [0.2, 0.25) is 0 Å². The molecule has 1 aliphatic carbocycles. The van der Waals surface area contributed by atoms with Crippen molar-refractivity contribution < 1.29 is 4.79 Å². The topological polar surface area (TPSA) is 50.2 Å². The van der Waals surface area contributed by atoms with Crippen molar-refractivity contribution in [3.05, 3.63) is 16.9 Å². The number of halogens is 1. The zero-order valence-electron chi connectivity index (χ0n) is 11.6. The fraction of sp³-hybridized carbons (Fsp3) is 0.714. The number of hydrogen-bond acceptors (Lipinski definition) is 2. The summed E-state index contributed by atoms with van der Waals surface area (Å²) in [6.45, 7) is 2.57. The molecule has 6 heteroatoms. The first-order valence-corrected chi connectivity index (χ1v) is 8.23. The van der Waals surface area contributed by atoms with Crippen molar-refractivity contribution in [2.75, 3.05) is 13.1 Å². The lowest BCUT2D eigenvalue weighted by molar-refractivity contribution is 0.104. The van der Waals surface area contributed by atoms with Crippen LogP contribution in [-0.4, -0.2) is 39.8 Å². The smallest absolute Gasteiger partial charge is 0.317 e. The highest BCUT2D eigenvalue weighted by atomic mass is 79.9. The van der Waals surface area contributed by atoms with Gasteiger partial charge < -0.3 is 10.2 Å². The Hall–Kier alpha value is -1.04. The minimum atomic E-state index is 0.120. The van der Waals surface area contributed by atoms with E-state index in [0.717, 1.165) is 36.9 Å². The van der Waals surface area contributed by atoms with E-state index in [2.05, 4.69) is 26.3 Å². The molecule has 0 unspecified atom stereocenters. The van der Waals surface area contributed by atoms with Crippen LogP contribution in [-0.2, 0) is 6.54 Å². The molecule has 2 fully saturated rings. The number of nitrogens with zero attached hydrogens (tertiary/aromatic N) is 3. The molecule has 1 aromatic heterocycles. The Kier molecular flexibility index (Phi) is 4.29. The first-order valence-electron chi connectivity index (χ1n) is 7.44. The van der Waals surface area contributed by atoms with Crippen LogP contribution in [0.15, 0.2) is 16.9 Å². The lowest BCUT2D eigenvalue weighted by Crippen LogP contribution is -2.56. The quantitative estimate of drug-likeness (QED) is 0.919. The van der Waals surface area contributed by atoms with Crippen molar-refractivity contribution in [2.24, 2.45) is 5.92 Å². The fourth-order valence-electron chi connectivity index (χ4n) is 3.07. The molecule has 2 aliphatic rings. The van der Waals surface area contributed by atoms with Crippen LogP contribution in [0.1, 0.15) is 32.1 Å². The largest absolute Gasteiger partial charge is 0.335 e. The predicted octanol–water partition coefficient (Wildman–Crippen LogP) is 2.62. The molecule has 1 aliphatic heterocycles. The van der Waals surface area contributed by atoms with Gasteiger partial charge in [0.15, 0.2) is 0 Å². The fourth-order valence-corrected chi connectivity index (χ4v) is 3.39. The summed E-state index contributed by atoms with van der Waals surface area (Å²) >= 11 is 3.39. The highest BCUT2D eigenvalue weighted by Gasteiger charge is 2.32. The third-order valence-electron chi connectivity index (χ3n) is 4.22. The van der Waals surface area contributed by atoms with E-state index in [-0.39, 0.29) is 6.03 Å². The summed E-state index contributed by atoms with van der Waals surface area (Å²) in [6.07, 6.45) is 9.88. The summed E-state index contributed by atoms with van der Waals surface area (Å²) < 4.78 is 2.94. The molecule has 0 radical (unpaired) electrons. The van der Waals surface area contributed by atoms with Crippen molar-refractivity contribution in [3.8, 4) is 0 Å². The Bertz CT molecular complexity index is 463. The van der Waals surface area contributed by atoms with Gasteiger partial charge in [0.2, 0.25) is 0 Å². The third-order valence-corrected chi connectivity index (χ3v) is 4.63. The van der Waals surface area contributed by atoms with E-state index in [1.165, 1.54) is 19.3 Å². The second-order valence-electron chi connectivity index (χ2n) is 5.94. The van der Waals surface area contributed by atoms with E-state index in [9.17, 15) is 4.79 Å². The maximum Gasteiger partial charge on any atom is 0.317 e. The van der Waals surface area contributed by atoms with Gasteiger partial charge in [-0.05, 0) is 28.8 Å². The molecule has 1 aromatic rings. The number of urea groups is 1. The first kappa shape index (κ1) is 13.9. The van der Waals surface area contributed by atoms with Gasteiger partial charge in [0, 0.05) is 37.8 Å². The highest BCUT2D eigenvalue weighted by Crippen LogP contribution is 2.21. The molecule has 2 heterocycles. The molecule has 2 amide bonds. The molecule has 0 aromatic carbocycles. The van der Waals surface area contributed by atoms with Gasteiger partial charge in [-0.1, -0.05) is 19.3 Å². The van der Waals surface area contributed by atoms with Crippen LogP contribution in [0.25, 0.3) is 0 Å². The van der Waals surface area contributed by atoms with Gasteiger partial charge in [-0.25, -0.2) is 4.79 Å². The highest BCUT2D eigenvalue weighted by molar-refractivity contribution is 9.10. The van der Waals surface area contributed by atoms with Crippen molar-refractivity contribution in [2.45, 2.75) is 44.7 Å². The van der Waals surface area contributed by atoms with E-state index in [4.69, 9.17) is 0 Å². The Labute approximate surface area is 127 Å². The van der Waals surface area contributed by atoms with E-state index >= 15 is 0 Å². The van der Waals surface area contributed by atoms with Gasteiger partial charge in [0.25, 0.3) is 0 Å². The van der Waals surface area contributed by atoms with Gasteiger partial charge in [-0.2, -0.15) is 5.10 Å². The Balaban J connectivity index is 1.39. The summed E-state index contributed by atoms with van der Waals surface area (Å²) in [5.41, 5.74) is 0. The van der Waals surface area contributed by atoms with Gasteiger partial charge in [0.1, 0.15) is 0 Å². The lowest BCUT2D eigenvalue weighted by atomic mass is 9.95. The number of likely N-dealkylation sites (tertiary alicyclic amines) is 1. The minimum Gasteiger partial charge on any atom is -0.335 e. The zero-order valence-corrected chi connectivity index (χ0v) is 13.2. The van der Waals surface area contributed by atoms with Gasteiger partial charge in [-0.15, -0.1) is 0 Å². The Morgan fingerprint density at radius 3 is 2.75 bits per heavy atom. The molecule has 1 saturated heterocycles. The number of hydrogen-bond donors (Lipinski definition) is 1. The average molecular weight is 341 g/mol. The van der Waals surface area contributed by atoms with Crippen LogP contribution in [0.3, 0.4) is 0 Å². The van der Waals surface area contributed by atoms with Crippen LogP contribution in [0.5, 0.6) is 0 Å². The van der Waals surface area contributed by atoms with Crippen molar-refractivity contribution in [1.29, 1.82) is 0 Å². The number of rotatable bonds is 3. The van der Waals surface area contributed by atoms with Crippen LogP contribution >= 0.6 is 15.9 Å². The molecule has 3 rings (SSSR count). The number of aromatic nitrogens is 2. The molecule has 1 N–H and O–H groups in total. The van der Waals surface area contributed by atoms with E-state index < -0.39 is 0 Å². The number of nitrogens with one attached hydrogen (secondary N) is 1. The molecule has 1 saturated carbocycles. The maximum absolute atomic E-state index is 12.1. The molecule has 0 spiro atoms. The standard InChI is InChI=1S/C14H21BrN4O/c15-12-6-16-19(10-12)9-11-7-18(8-11)14(20)17-13-4-2-1-3-5-13/h6,10-11,13H,1-5,7-9H2,(H,17,20). The van der Waals surface area contributed by atoms with E-state index in [0.29, 0.717) is 12.0 Å². The summed E-state index contributed by atoms with van der Waals surface area (Å²) in [5, 5.41) is 7.42. The molecular formula is C14H21BrN4O. The summed E-state index contributed by atoms with van der Waals surface area (Å²) in [6, 6.07) is 0.521. The maximum atomic E-state index is 12.1. The summed E-state index contributed by atoms with van der Waals surface area (Å²) in [5.74, 6) is 0.527. The number of carbonyl (C=O) groups excluding carboxylic acids is 1. The summed E-state index contributed by atoms with van der Waals surface area (Å²) in [7, 11) is 0. The molecular weight excluding hydrogens is 320 g/mol. The van der Waals surface area contributed by atoms with Gasteiger partial charge in [0.05, 0.1) is 10.7 Å². The predicted molar refractivity (Wildman–Crippen MR) is 80.4 cm³/mol. The number of amides is 2. The number of carbonyl (C=O) groups is 1. The average Bonchev–Trinajstić information content (AvgIpc) is 2.80. The normalized spacial score (nSPS) is 20.8. The Morgan fingerprint density at radius 2 is 2.10 bits per heavy atom. The summed E-state index contributed by atoms with van der Waals surface area (Å²) in [4.78, 5) is 14.0. The molecule has 20 heavy (non-hydrogen) atoms. The lowest BCUT2D eigenvalue weighted by Gasteiger charge is -2.40. The molecule has 0 bridgehead atoms. The van der Waals surface area contributed by atoms with Crippen molar-refractivity contribution in [1.82, 2.24) is 20.0 Å². The van der Waals surface area contributed by atoms with Gasteiger partial charge >= 0.3 is 6.03 Å². The van der Waals surface area contributed by atoms with Crippen LogP contribution in [0, 0.1) is 5.92 Å². The van der Waals surface area contributed by atoms with Crippen LogP contribution < -0.4 is 5.32 Å². The monoisotopic (exact) mass is 340 g/mol. The van der Waals surface area contributed by atoms with Crippen molar-refractivity contribution in [3.63, 3.8) is 0 Å². The molecule has 0 atom stereocenters. The second-order valence-corrected chi connectivity index (χ2v) is 6.85. The van der Waals surface area contributed by atoms with E-state index in [1.54, 1.807) is 6.20 Å². The SMILES string of the molecule is O=C(NC1CCCCC1)N1CC(Cn2cc(Br)cn2)C1. The van der Waals surface area contributed by atoms with Gasteiger partial charge in [-0.3, -0.25) is 4.68 Å². The second kappa shape index (κ2) is 6.16. The van der Waals surface area contributed by atoms with E-state index in [1.807, 2.05) is 15.8 Å². The molecule has 110 valence electrons. The molecule has 5 nitrogen and oxygen atoms in total. The van der Waals surface area contributed by atoms with Crippen molar-refractivity contribution >= 4 is 22.0 Å². The third kappa shape index (κ3) is 3.34. The van der Waals surface area contributed by atoms with Crippen LogP contribution in [0.4, 0.5) is 4.79 Å². The Morgan fingerprint density at radius 1 is 1.35 bits per heavy atom. The minimum absolute atomic E-state index is 0.120. The zero-order chi connectivity index (χ0) is 13.9. The first-order chi connectivity index (χ1) is 9.70.